The quantitative estimate of drug-likeness (QED) is 0.868. The summed E-state index contributed by atoms with van der Waals surface area (Å²) < 4.78 is 1.44. The molecule has 5 nitrogen and oxygen atoms in total. The van der Waals surface area contributed by atoms with Gasteiger partial charge in [0.1, 0.15) is 0 Å². The van der Waals surface area contributed by atoms with Gasteiger partial charge in [-0.25, -0.2) is 9.48 Å². The lowest BCUT2D eigenvalue weighted by Crippen LogP contribution is -2.23. The molecule has 2 rings (SSSR count). The second-order valence-electron chi connectivity index (χ2n) is 3.91. The van der Waals surface area contributed by atoms with E-state index in [1.54, 1.807) is 13.1 Å². The minimum absolute atomic E-state index is 0.350. The monoisotopic (exact) mass is 276 g/mol. The number of para-hydroxylation sites is 1. The molecule has 1 aromatic carbocycles. The lowest BCUT2D eigenvalue weighted by atomic mass is 10.2. The van der Waals surface area contributed by atoms with Gasteiger partial charge in [0.05, 0.1) is 5.69 Å². The normalized spacial score (nSPS) is 10.4. The summed E-state index contributed by atoms with van der Waals surface area (Å²) >= 11 is 1.53. The molecule has 0 bridgehead atoms. The van der Waals surface area contributed by atoms with Crippen LogP contribution in [-0.4, -0.2) is 27.1 Å². The van der Waals surface area contributed by atoms with Gasteiger partial charge in [-0.05, 0) is 25.3 Å². The summed E-state index contributed by atoms with van der Waals surface area (Å²) in [6, 6.07) is 7.47. The predicted molar refractivity (Wildman–Crippen MR) is 73.3 cm³/mol. The topological polar surface area (TPSA) is 72.2 Å². The van der Waals surface area contributed by atoms with Crippen LogP contribution in [0.4, 0.5) is 0 Å². The smallest absolute Gasteiger partial charge is 0.360 e. The summed E-state index contributed by atoms with van der Waals surface area (Å²) in [5.74, 6) is -1.32. The lowest BCUT2D eigenvalue weighted by molar-refractivity contribution is 0.0686. The van der Waals surface area contributed by atoms with Gasteiger partial charge in [-0.15, -0.1) is 11.8 Å². The number of nitrogens with zero attached hydrogens (tertiary/aromatic N) is 2. The van der Waals surface area contributed by atoms with Crippen LogP contribution in [0, 0.1) is 6.92 Å². The maximum Gasteiger partial charge on any atom is 0.360 e. The van der Waals surface area contributed by atoms with Gasteiger partial charge in [0.2, 0.25) is 11.1 Å². The van der Waals surface area contributed by atoms with E-state index in [1.165, 1.54) is 16.4 Å². The number of rotatable bonds is 3. The van der Waals surface area contributed by atoms with Gasteiger partial charge < -0.3 is 5.11 Å². The number of thioether (sulfide) groups is 1. The third-order valence-electron chi connectivity index (χ3n) is 2.63. The summed E-state index contributed by atoms with van der Waals surface area (Å²) in [4.78, 5) is 23.7. The van der Waals surface area contributed by atoms with E-state index in [2.05, 4.69) is 5.10 Å². The molecule has 0 radical (unpaired) electrons. The zero-order valence-electron chi connectivity index (χ0n) is 10.5. The molecule has 2 aromatic rings. The number of hydrogen-bond acceptors (Lipinski definition) is 4. The Morgan fingerprint density at radius 3 is 2.68 bits per heavy atom. The third kappa shape index (κ3) is 2.53. The summed E-state index contributed by atoms with van der Waals surface area (Å²) in [5, 5.41) is 12.9. The van der Waals surface area contributed by atoms with E-state index in [9.17, 15) is 9.59 Å². The first kappa shape index (κ1) is 13.4. The number of carboxylic acid groups (broad SMARTS) is 1. The van der Waals surface area contributed by atoms with E-state index in [4.69, 9.17) is 5.11 Å². The standard InChI is InChI=1S/C13H12N2O3S/c1-8-7-15(14-11(12(8)16)13(17)18)9-5-3-4-6-10(9)19-2/h3-7H,1-2H3,(H,17,18). The van der Waals surface area contributed by atoms with Gasteiger partial charge in [-0.2, -0.15) is 5.10 Å². The Balaban J connectivity index is 2.70. The van der Waals surface area contributed by atoms with E-state index in [1.807, 2.05) is 30.5 Å². The Morgan fingerprint density at radius 1 is 1.37 bits per heavy atom. The molecule has 6 heteroatoms. The SMILES string of the molecule is CSc1ccccc1-n1cc(C)c(=O)c(C(=O)O)n1. The van der Waals surface area contributed by atoms with Crippen molar-refractivity contribution in [2.45, 2.75) is 11.8 Å². The average molecular weight is 276 g/mol. The van der Waals surface area contributed by atoms with Crippen LogP contribution in [0.15, 0.2) is 40.2 Å². The van der Waals surface area contributed by atoms with Crippen molar-refractivity contribution in [2.75, 3.05) is 6.26 Å². The fourth-order valence-electron chi connectivity index (χ4n) is 1.69. The predicted octanol–water partition coefficient (Wildman–Crippen LogP) is 1.96. The van der Waals surface area contributed by atoms with Crippen LogP contribution in [0.1, 0.15) is 16.1 Å². The molecule has 0 saturated heterocycles. The summed E-state index contributed by atoms with van der Waals surface area (Å²) in [6.07, 6.45) is 3.47. The van der Waals surface area contributed by atoms with Crippen molar-refractivity contribution >= 4 is 17.7 Å². The van der Waals surface area contributed by atoms with E-state index in [0.29, 0.717) is 5.56 Å². The zero-order valence-corrected chi connectivity index (χ0v) is 11.3. The maximum atomic E-state index is 11.7. The highest BCUT2D eigenvalue weighted by Gasteiger charge is 2.15. The molecule has 0 fully saturated rings. The minimum atomic E-state index is -1.32. The first-order valence-electron chi connectivity index (χ1n) is 5.52. The fourth-order valence-corrected chi connectivity index (χ4v) is 2.28. The number of benzene rings is 1. The van der Waals surface area contributed by atoms with Crippen LogP contribution in [0.3, 0.4) is 0 Å². The van der Waals surface area contributed by atoms with Gasteiger partial charge >= 0.3 is 5.97 Å². The fraction of sp³-hybridized carbons (Fsp3) is 0.154. The van der Waals surface area contributed by atoms with Crippen LogP contribution >= 0.6 is 11.8 Å². The highest BCUT2D eigenvalue weighted by Crippen LogP contribution is 2.22. The molecule has 0 spiro atoms. The molecule has 1 N–H and O–H groups in total. The van der Waals surface area contributed by atoms with Crippen LogP contribution in [0.5, 0.6) is 0 Å². The molecule has 0 saturated carbocycles. The van der Waals surface area contributed by atoms with Crippen LogP contribution in [0.2, 0.25) is 0 Å². The second-order valence-corrected chi connectivity index (χ2v) is 4.76. The van der Waals surface area contributed by atoms with Gasteiger partial charge in [-0.3, -0.25) is 4.79 Å². The number of carboxylic acids is 1. The average Bonchev–Trinajstić information content (AvgIpc) is 2.41. The maximum absolute atomic E-state index is 11.7. The molecule has 1 aromatic heterocycles. The van der Waals surface area contributed by atoms with Crippen molar-refractivity contribution in [3.63, 3.8) is 0 Å². The number of carbonyl (C=O) groups is 1. The van der Waals surface area contributed by atoms with Gasteiger partial charge in [-0.1, -0.05) is 12.1 Å². The van der Waals surface area contributed by atoms with Crippen molar-refractivity contribution in [1.29, 1.82) is 0 Å². The molecule has 0 aliphatic rings. The highest BCUT2D eigenvalue weighted by molar-refractivity contribution is 7.98. The Kier molecular flexibility index (Phi) is 3.71. The minimum Gasteiger partial charge on any atom is -0.476 e. The molecule has 19 heavy (non-hydrogen) atoms. The Bertz CT molecular complexity index is 695. The first-order chi connectivity index (χ1) is 9.04. The van der Waals surface area contributed by atoms with Gasteiger partial charge in [0.25, 0.3) is 0 Å². The van der Waals surface area contributed by atoms with Crippen molar-refractivity contribution in [1.82, 2.24) is 9.78 Å². The van der Waals surface area contributed by atoms with Crippen LogP contribution < -0.4 is 5.43 Å². The lowest BCUT2D eigenvalue weighted by Gasteiger charge is -2.10. The largest absolute Gasteiger partial charge is 0.476 e. The Labute approximate surface area is 113 Å². The molecule has 1 heterocycles. The molecule has 0 aliphatic carbocycles. The summed E-state index contributed by atoms with van der Waals surface area (Å²) in [7, 11) is 0. The van der Waals surface area contributed by atoms with E-state index in [-0.39, 0.29) is 0 Å². The molecule has 0 atom stereocenters. The van der Waals surface area contributed by atoms with Crippen molar-refractivity contribution in [2.24, 2.45) is 0 Å². The number of aromatic nitrogens is 2. The van der Waals surface area contributed by atoms with E-state index >= 15 is 0 Å². The molecular formula is C13H12N2O3S. The van der Waals surface area contributed by atoms with Crippen molar-refractivity contribution in [3.05, 3.63) is 51.9 Å². The first-order valence-corrected chi connectivity index (χ1v) is 6.74. The zero-order chi connectivity index (χ0) is 14.0. The van der Waals surface area contributed by atoms with Crippen LogP contribution in [-0.2, 0) is 0 Å². The number of hydrogen-bond donors (Lipinski definition) is 1. The Morgan fingerprint density at radius 2 is 2.05 bits per heavy atom. The third-order valence-corrected chi connectivity index (χ3v) is 3.42. The molecule has 0 amide bonds. The van der Waals surface area contributed by atoms with Crippen molar-refractivity contribution < 1.29 is 9.90 Å². The molecule has 0 unspecified atom stereocenters. The Hall–Kier alpha value is -2.08. The number of aromatic carboxylic acids is 1. The van der Waals surface area contributed by atoms with Crippen molar-refractivity contribution in [3.8, 4) is 5.69 Å². The van der Waals surface area contributed by atoms with E-state index < -0.39 is 17.1 Å². The molecular weight excluding hydrogens is 264 g/mol. The van der Waals surface area contributed by atoms with E-state index in [0.717, 1.165) is 10.6 Å². The highest BCUT2D eigenvalue weighted by atomic mass is 32.2. The second kappa shape index (κ2) is 5.27. The van der Waals surface area contributed by atoms with Gasteiger partial charge in [0, 0.05) is 16.7 Å². The molecule has 0 aliphatic heterocycles. The summed E-state index contributed by atoms with van der Waals surface area (Å²) in [6.45, 7) is 1.58. The summed E-state index contributed by atoms with van der Waals surface area (Å²) in [5.41, 5.74) is 0.0881. The number of aryl methyl sites for hydroxylation is 1. The van der Waals surface area contributed by atoms with Gasteiger partial charge in [0.15, 0.2) is 0 Å². The van der Waals surface area contributed by atoms with Crippen LogP contribution in [0.25, 0.3) is 5.69 Å². The molecule has 98 valence electrons.